The Labute approximate surface area is 103 Å². The lowest BCUT2D eigenvalue weighted by Gasteiger charge is -2.11. The maximum absolute atomic E-state index is 4.64. The van der Waals surface area contributed by atoms with Gasteiger partial charge in [-0.2, -0.15) is 0 Å². The second kappa shape index (κ2) is 4.01. The molecule has 0 atom stereocenters. The third kappa shape index (κ3) is 1.78. The number of pyridine rings is 1. The van der Waals surface area contributed by atoms with Crippen molar-refractivity contribution in [2.45, 2.75) is 25.8 Å². The minimum absolute atomic E-state index is 0.949. The molecule has 3 rings (SSSR count). The molecule has 2 aromatic heterocycles. The lowest BCUT2D eigenvalue weighted by Crippen LogP contribution is -2.08. The van der Waals surface area contributed by atoms with E-state index in [0.29, 0.717) is 0 Å². The monoisotopic (exact) mass is 277 g/mol. The number of aryl methyl sites for hydroxylation is 2. The van der Waals surface area contributed by atoms with Crippen LogP contribution in [0.3, 0.4) is 0 Å². The lowest BCUT2D eigenvalue weighted by atomic mass is 10.2. The Morgan fingerprint density at radius 1 is 1.19 bits per heavy atom. The van der Waals surface area contributed by atoms with Crippen molar-refractivity contribution in [3.05, 3.63) is 34.8 Å². The minimum Gasteiger partial charge on any atom is -0.334 e. The molecule has 0 radical (unpaired) electrons. The Morgan fingerprint density at radius 3 is 2.88 bits per heavy atom. The van der Waals surface area contributed by atoms with Crippen LogP contribution in [0.1, 0.15) is 18.7 Å². The van der Waals surface area contributed by atoms with E-state index in [1.165, 1.54) is 18.7 Å². The van der Waals surface area contributed by atoms with E-state index in [0.717, 1.165) is 28.8 Å². The zero-order valence-corrected chi connectivity index (χ0v) is 10.4. The highest BCUT2D eigenvalue weighted by molar-refractivity contribution is 9.10. The molecule has 0 bridgehead atoms. The summed E-state index contributed by atoms with van der Waals surface area (Å²) in [6.45, 7) is 1.10. The molecule has 1 aliphatic rings. The van der Waals surface area contributed by atoms with Gasteiger partial charge >= 0.3 is 0 Å². The fourth-order valence-corrected chi connectivity index (χ4v) is 2.30. The molecular formula is C12H12BrN3. The summed E-state index contributed by atoms with van der Waals surface area (Å²) >= 11 is 3.39. The number of imidazole rings is 1. The molecule has 0 aliphatic carbocycles. The molecule has 1 aliphatic heterocycles. The second-order valence-corrected chi connectivity index (χ2v) is 4.97. The van der Waals surface area contributed by atoms with E-state index in [2.05, 4.69) is 36.7 Å². The molecule has 0 N–H and O–H groups in total. The maximum Gasteiger partial charge on any atom is 0.109 e. The van der Waals surface area contributed by atoms with Crippen molar-refractivity contribution in [3.63, 3.8) is 0 Å². The zero-order valence-electron chi connectivity index (χ0n) is 8.86. The van der Waals surface area contributed by atoms with Gasteiger partial charge in [-0.3, -0.25) is 4.98 Å². The third-order valence-electron chi connectivity index (χ3n) is 2.90. The van der Waals surface area contributed by atoms with Gasteiger partial charge in [-0.05, 0) is 40.9 Å². The number of nitrogens with zero attached hydrogens (tertiary/aromatic N) is 3. The molecule has 0 aromatic carbocycles. The summed E-state index contributed by atoms with van der Waals surface area (Å²) in [5, 5.41) is 0. The molecule has 4 heteroatoms. The van der Waals surface area contributed by atoms with Gasteiger partial charge in [-0.15, -0.1) is 0 Å². The number of fused-ring (bicyclic) bond motifs is 1. The Morgan fingerprint density at radius 2 is 2.12 bits per heavy atom. The predicted octanol–water partition coefficient (Wildman–Crippen LogP) is 3.04. The highest BCUT2D eigenvalue weighted by Gasteiger charge is 2.13. The first-order chi connectivity index (χ1) is 7.83. The van der Waals surface area contributed by atoms with Crippen molar-refractivity contribution < 1.29 is 0 Å². The summed E-state index contributed by atoms with van der Waals surface area (Å²) in [6.07, 6.45) is 7.54. The first-order valence-corrected chi connectivity index (χ1v) is 6.30. The maximum atomic E-state index is 4.64. The Kier molecular flexibility index (Phi) is 2.52. The molecule has 3 nitrogen and oxygen atoms in total. The Bertz CT molecular complexity index is 478. The van der Waals surface area contributed by atoms with Gasteiger partial charge in [0.25, 0.3) is 0 Å². The van der Waals surface area contributed by atoms with Crippen LogP contribution in [0.4, 0.5) is 0 Å². The fraction of sp³-hybridized carbons (Fsp3) is 0.333. The molecular weight excluding hydrogens is 266 g/mol. The smallest absolute Gasteiger partial charge is 0.109 e. The van der Waals surface area contributed by atoms with Crippen molar-refractivity contribution in [1.82, 2.24) is 14.5 Å². The van der Waals surface area contributed by atoms with Crippen LogP contribution in [-0.4, -0.2) is 14.5 Å². The summed E-state index contributed by atoms with van der Waals surface area (Å²) < 4.78 is 3.25. The van der Waals surface area contributed by atoms with Crippen LogP contribution in [0, 0.1) is 0 Å². The molecule has 82 valence electrons. The highest BCUT2D eigenvalue weighted by atomic mass is 79.9. The van der Waals surface area contributed by atoms with Gasteiger partial charge in [0.1, 0.15) is 11.5 Å². The number of aromatic nitrogens is 3. The summed E-state index contributed by atoms with van der Waals surface area (Å²) in [5.41, 5.74) is 1.94. The first-order valence-electron chi connectivity index (χ1n) is 5.51. The van der Waals surface area contributed by atoms with Crippen molar-refractivity contribution in [2.75, 3.05) is 0 Å². The zero-order chi connectivity index (χ0) is 11.0. The largest absolute Gasteiger partial charge is 0.334 e. The van der Waals surface area contributed by atoms with Crippen LogP contribution in [-0.2, 0) is 13.0 Å². The summed E-state index contributed by atoms with van der Waals surface area (Å²) in [5.74, 6) is 1.20. The second-order valence-electron chi connectivity index (χ2n) is 4.05. The van der Waals surface area contributed by atoms with Gasteiger partial charge in [0.05, 0.1) is 5.69 Å². The van der Waals surface area contributed by atoms with Gasteiger partial charge in [-0.1, -0.05) is 0 Å². The number of rotatable bonds is 1. The average molecular weight is 278 g/mol. The SMILES string of the molecule is Brc1ccc(-c2cn3c(n2)CCCC3)nc1. The molecule has 0 saturated heterocycles. The molecule has 0 saturated carbocycles. The van der Waals surface area contributed by atoms with E-state index in [9.17, 15) is 0 Å². The van der Waals surface area contributed by atoms with Crippen molar-refractivity contribution >= 4 is 15.9 Å². The van der Waals surface area contributed by atoms with Crippen LogP contribution in [0.25, 0.3) is 11.4 Å². The molecule has 2 aromatic rings. The standard InChI is InChI=1S/C12H12BrN3/c13-9-4-5-10(14-7-9)11-8-16-6-2-1-3-12(16)15-11/h4-5,7-8H,1-3,6H2. The van der Waals surface area contributed by atoms with Crippen LogP contribution in [0.15, 0.2) is 29.0 Å². The lowest BCUT2D eigenvalue weighted by molar-refractivity contribution is 0.522. The third-order valence-corrected chi connectivity index (χ3v) is 3.37. The summed E-state index contributed by atoms with van der Waals surface area (Å²) in [4.78, 5) is 9.01. The van der Waals surface area contributed by atoms with E-state index in [-0.39, 0.29) is 0 Å². The molecule has 0 fully saturated rings. The quantitative estimate of drug-likeness (QED) is 0.802. The number of halogens is 1. The van der Waals surface area contributed by atoms with Gasteiger partial charge in [0.2, 0.25) is 0 Å². The van der Waals surface area contributed by atoms with Gasteiger partial charge in [-0.25, -0.2) is 4.98 Å². The van der Waals surface area contributed by atoms with Crippen molar-refractivity contribution in [3.8, 4) is 11.4 Å². The minimum atomic E-state index is 0.949. The highest BCUT2D eigenvalue weighted by Crippen LogP contribution is 2.21. The van der Waals surface area contributed by atoms with Crippen molar-refractivity contribution in [1.29, 1.82) is 0 Å². The van der Waals surface area contributed by atoms with E-state index in [1.54, 1.807) is 0 Å². The van der Waals surface area contributed by atoms with Gasteiger partial charge in [0, 0.05) is 29.8 Å². The van der Waals surface area contributed by atoms with Crippen LogP contribution >= 0.6 is 15.9 Å². The van der Waals surface area contributed by atoms with Gasteiger partial charge in [0.15, 0.2) is 0 Å². The van der Waals surface area contributed by atoms with Crippen LogP contribution < -0.4 is 0 Å². The molecule has 0 spiro atoms. The summed E-state index contributed by atoms with van der Waals surface area (Å²) in [6, 6.07) is 4.00. The average Bonchev–Trinajstić information content (AvgIpc) is 2.73. The first kappa shape index (κ1) is 10.0. The van der Waals surface area contributed by atoms with E-state index >= 15 is 0 Å². The molecule has 0 unspecified atom stereocenters. The van der Waals surface area contributed by atoms with Gasteiger partial charge < -0.3 is 4.57 Å². The number of hydrogen-bond acceptors (Lipinski definition) is 2. The van der Waals surface area contributed by atoms with Crippen molar-refractivity contribution in [2.24, 2.45) is 0 Å². The molecule has 16 heavy (non-hydrogen) atoms. The normalized spacial score (nSPS) is 14.8. The fourth-order valence-electron chi connectivity index (χ4n) is 2.06. The summed E-state index contributed by atoms with van der Waals surface area (Å²) in [7, 11) is 0. The van der Waals surface area contributed by atoms with Crippen LogP contribution in [0.2, 0.25) is 0 Å². The Balaban J connectivity index is 2.00. The molecule has 3 heterocycles. The Hall–Kier alpha value is -1.16. The molecule has 0 amide bonds. The van der Waals surface area contributed by atoms with E-state index < -0.39 is 0 Å². The predicted molar refractivity (Wildman–Crippen MR) is 66.1 cm³/mol. The van der Waals surface area contributed by atoms with E-state index in [4.69, 9.17) is 0 Å². The van der Waals surface area contributed by atoms with E-state index in [1.807, 2.05) is 18.3 Å². The number of hydrogen-bond donors (Lipinski definition) is 0. The topological polar surface area (TPSA) is 30.7 Å². The van der Waals surface area contributed by atoms with Crippen LogP contribution in [0.5, 0.6) is 0 Å².